The van der Waals surface area contributed by atoms with E-state index < -0.39 is 88.8 Å². The number of nitrogens with zero attached hydrogens (tertiary/aromatic N) is 1. The molecule has 4 bridgehead atoms. The second kappa shape index (κ2) is 24.0. The molecular formula is C63H69N3O15. The topological polar surface area (TPSA) is 252 Å². The number of anilines is 1. The van der Waals surface area contributed by atoms with E-state index in [2.05, 4.69) is 34.9 Å². The Balaban J connectivity index is 0.982. The lowest BCUT2D eigenvalue weighted by Gasteiger charge is -2.38. The predicted octanol–water partition coefficient (Wildman–Crippen LogP) is 10.1. The molecule has 5 aromatic carbocycles. The number of hydrogen-bond acceptors (Lipinski definition) is 16. The number of allylic oxidation sites excluding steroid dienone is 2. The number of carbonyl (C=O) groups excluding carboxylic acids is 4. The molecule has 0 radical (unpaired) electrons. The van der Waals surface area contributed by atoms with Crippen LogP contribution in [0.2, 0.25) is 0 Å². The van der Waals surface area contributed by atoms with Crippen molar-refractivity contribution >= 4 is 62.4 Å². The maximum Gasteiger partial charge on any atom is 0.407 e. The van der Waals surface area contributed by atoms with Crippen molar-refractivity contribution in [3.8, 4) is 28.4 Å². The third-order valence-electron chi connectivity index (χ3n) is 16.0. The van der Waals surface area contributed by atoms with Gasteiger partial charge >= 0.3 is 17.8 Å². The number of ketones is 1. The molecule has 3 heterocycles. The van der Waals surface area contributed by atoms with Crippen LogP contribution in [0.15, 0.2) is 112 Å². The molecule has 18 heteroatoms. The van der Waals surface area contributed by atoms with Crippen LogP contribution in [0.1, 0.15) is 101 Å². The van der Waals surface area contributed by atoms with Gasteiger partial charge in [-0.3, -0.25) is 19.2 Å². The largest absolute Gasteiger partial charge is 0.505 e. The highest BCUT2D eigenvalue weighted by atomic mass is 16.7. The second-order valence-electron chi connectivity index (χ2n) is 21.5. The summed E-state index contributed by atoms with van der Waals surface area (Å²) in [5, 5.41) is 40.5. The maximum absolute atomic E-state index is 14.9. The lowest BCUT2D eigenvalue weighted by molar-refractivity contribution is -0.160. The number of aliphatic hydroxyl groups is 2. The normalized spacial score (nSPS) is 25.5. The Labute approximate surface area is 468 Å². The summed E-state index contributed by atoms with van der Waals surface area (Å²) in [6.07, 6.45) is 5.06. The number of nitrogens with one attached hydrogen (secondary N) is 2. The van der Waals surface area contributed by atoms with E-state index in [0.29, 0.717) is 31.7 Å². The number of amides is 2. The van der Waals surface area contributed by atoms with Crippen LogP contribution in [0, 0.1) is 30.6 Å². The second-order valence-corrected chi connectivity index (χ2v) is 21.5. The monoisotopic (exact) mass is 1110 g/mol. The Morgan fingerprint density at radius 2 is 1.57 bits per heavy atom. The average molecular weight is 1110 g/mol. The molecule has 9 rings (SSSR count). The molecule has 1 aromatic heterocycles. The van der Waals surface area contributed by atoms with Crippen LogP contribution in [-0.4, -0.2) is 101 Å². The SMILES string of the molecule is CO[C@H]1/C=C/O[C@@]2(C)Oc3c(C)c(=O)c4c(O)c(c5oc6cc(OCCCCCNC(=O)OCC7c8ccccc8-c8ccccc87)ccc6nc5c4c3C2=O)NC(=O)/C(C)=C\C=C\[C@H](C)[C@H](O)[C@@H](C)[C@@H](O)[C@@H](C)[C@H](OC(C)=O)[C@@H]1C. The number of phenolic OH excluding ortho intramolecular Hbond substituents is 1. The number of fused-ring (bicyclic) bond motifs is 5. The van der Waals surface area contributed by atoms with Gasteiger partial charge in [0.15, 0.2) is 22.3 Å². The predicted molar refractivity (Wildman–Crippen MR) is 304 cm³/mol. The number of carbonyl (C=O) groups is 4. The minimum Gasteiger partial charge on any atom is -0.505 e. The number of Topliss-reactive ketones (excluding diaryl/α,β-unsaturated/α-hetero) is 1. The standard InChI is InChI=1S/C63H69N3O15/c1-32-18-17-19-33(2)61(73)66-52-56(71)49-48(50-58(37(6)55(49)70)81-63(8,60(50)72)78-29-26-46(75-9)34(3)57(79-38(7)67)36(5)54(69)35(4)53(32)68)51-59(52)80-47-30-39(24-25-45(47)65-51)76-28-16-10-15-27-64-62(74)77-31-44-42-22-13-11-20-40(42)41-21-12-14-23-43(41)44/h11-14,17-26,29-30,32,34-36,44,46,53-54,57,68-69,71H,10,15-16,27-28,31H2,1-9H3,(H,64,74)(H,66,73)/b18-17+,29-26+,33-19-/t32-,34+,35+,36+,46-,53-,54+,57+,63-/m0/s1. The van der Waals surface area contributed by atoms with Gasteiger partial charge in [0.2, 0.25) is 0 Å². The number of aliphatic hydroxyl groups excluding tert-OH is 2. The Morgan fingerprint density at radius 1 is 0.864 bits per heavy atom. The number of aromatic nitrogens is 1. The van der Waals surface area contributed by atoms with Crippen LogP contribution < -0.4 is 25.5 Å². The van der Waals surface area contributed by atoms with Gasteiger partial charge in [-0.05, 0) is 73.6 Å². The zero-order valence-electron chi connectivity index (χ0n) is 46.9. The number of ether oxygens (including phenoxy) is 6. The van der Waals surface area contributed by atoms with Crippen molar-refractivity contribution < 1.29 is 67.3 Å². The Bertz CT molecular complexity index is 3540. The molecule has 6 aromatic rings. The zero-order chi connectivity index (χ0) is 58.0. The highest BCUT2D eigenvalue weighted by molar-refractivity contribution is 6.26. The summed E-state index contributed by atoms with van der Waals surface area (Å²) in [5.74, 6) is -7.11. The van der Waals surface area contributed by atoms with Crippen LogP contribution in [-0.2, 0) is 28.5 Å². The average Bonchev–Trinajstić information content (AvgIpc) is 2.34. The first-order valence-electron chi connectivity index (χ1n) is 27.4. The number of benzene rings is 5. The molecule has 3 aliphatic rings. The quantitative estimate of drug-likeness (QED) is 0.0266. The first-order valence-corrected chi connectivity index (χ1v) is 27.4. The highest BCUT2D eigenvalue weighted by Crippen LogP contribution is 2.49. The first-order chi connectivity index (χ1) is 38.7. The van der Waals surface area contributed by atoms with Gasteiger partial charge in [0.25, 0.3) is 11.7 Å². The summed E-state index contributed by atoms with van der Waals surface area (Å²) in [5.41, 5.74) is 3.81. The summed E-state index contributed by atoms with van der Waals surface area (Å²) in [4.78, 5) is 73.6. The van der Waals surface area contributed by atoms with Crippen LogP contribution in [0.25, 0.3) is 44.1 Å². The number of unbranched alkanes of at least 4 members (excludes halogenated alkanes) is 2. The van der Waals surface area contributed by atoms with Crippen molar-refractivity contribution in [2.45, 2.75) is 111 Å². The van der Waals surface area contributed by atoms with Crippen LogP contribution in [0.5, 0.6) is 17.2 Å². The maximum atomic E-state index is 14.9. The van der Waals surface area contributed by atoms with E-state index in [-0.39, 0.29) is 73.6 Å². The zero-order valence-corrected chi connectivity index (χ0v) is 46.9. The summed E-state index contributed by atoms with van der Waals surface area (Å²) in [7, 11) is 1.44. The molecule has 1 aliphatic carbocycles. The van der Waals surface area contributed by atoms with Gasteiger partial charge in [-0.2, -0.15) is 0 Å². The van der Waals surface area contributed by atoms with Gasteiger partial charge in [-0.15, -0.1) is 0 Å². The third-order valence-corrected chi connectivity index (χ3v) is 16.0. The van der Waals surface area contributed by atoms with Crippen LogP contribution >= 0.6 is 0 Å². The smallest absolute Gasteiger partial charge is 0.407 e. The van der Waals surface area contributed by atoms with Crippen LogP contribution in [0.3, 0.4) is 0 Å². The fourth-order valence-corrected chi connectivity index (χ4v) is 11.3. The van der Waals surface area contributed by atoms with Gasteiger partial charge in [-0.25, -0.2) is 9.78 Å². The lowest BCUT2D eigenvalue weighted by atomic mass is 9.78. The summed E-state index contributed by atoms with van der Waals surface area (Å²) in [6.45, 7) is 13.5. The van der Waals surface area contributed by atoms with Crippen molar-refractivity contribution in [1.82, 2.24) is 10.3 Å². The third kappa shape index (κ3) is 11.4. The lowest BCUT2D eigenvalue weighted by Crippen LogP contribution is -2.46. The van der Waals surface area contributed by atoms with Crippen molar-refractivity contribution in [1.29, 1.82) is 0 Å². The molecular weight excluding hydrogens is 1040 g/mol. The highest BCUT2D eigenvalue weighted by Gasteiger charge is 2.50. The van der Waals surface area contributed by atoms with E-state index in [1.807, 2.05) is 24.3 Å². The van der Waals surface area contributed by atoms with E-state index in [1.54, 1.807) is 58.0 Å². The molecule has 81 heavy (non-hydrogen) atoms. The minimum absolute atomic E-state index is 0.0297. The fourth-order valence-electron chi connectivity index (χ4n) is 11.3. The molecule has 0 saturated carbocycles. The number of methoxy groups -OCH3 is 1. The number of esters is 1. The van der Waals surface area contributed by atoms with Crippen LogP contribution in [0.4, 0.5) is 10.5 Å². The van der Waals surface area contributed by atoms with E-state index in [9.17, 15) is 39.3 Å². The van der Waals surface area contributed by atoms with E-state index >= 15 is 0 Å². The molecule has 9 atom stereocenters. The van der Waals surface area contributed by atoms with Crippen molar-refractivity contribution in [3.63, 3.8) is 0 Å². The molecule has 2 amide bonds. The molecule has 0 saturated heterocycles. The molecule has 0 spiro atoms. The molecule has 0 unspecified atom stereocenters. The van der Waals surface area contributed by atoms with Gasteiger partial charge in [0.1, 0.15) is 40.9 Å². The Morgan fingerprint density at radius 3 is 2.26 bits per heavy atom. The first kappa shape index (κ1) is 57.6. The molecule has 18 nitrogen and oxygen atoms in total. The van der Waals surface area contributed by atoms with Gasteiger partial charge in [0.05, 0.1) is 42.1 Å². The summed E-state index contributed by atoms with van der Waals surface area (Å²) in [6, 6.07) is 21.3. The Kier molecular flexibility index (Phi) is 17.0. The molecule has 2 aliphatic heterocycles. The van der Waals surface area contributed by atoms with E-state index in [0.717, 1.165) is 28.7 Å². The molecule has 0 fully saturated rings. The van der Waals surface area contributed by atoms with Gasteiger partial charge < -0.3 is 58.8 Å². The number of hydrogen-bond donors (Lipinski definition) is 5. The van der Waals surface area contributed by atoms with Gasteiger partial charge in [0, 0.05) is 79.7 Å². The molecule has 426 valence electrons. The summed E-state index contributed by atoms with van der Waals surface area (Å²) >= 11 is 0. The van der Waals surface area contributed by atoms with Crippen molar-refractivity contribution in [2.75, 3.05) is 32.2 Å². The number of aromatic hydroxyl groups is 1. The summed E-state index contributed by atoms with van der Waals surface area (Å²) < 4.78 is 42.3. The fraction of sp³-hybridized carbons (Fsp3) is 0.397. The minimum atomic E-state index is -2.08. The number of alkyl carbamates (subject to hydrolysis) is 1. The number of rotatable bonds is 11. The van der Waals surface area contributed by atoms with Gasteiger partial charge in [-0.1, -0.05) is 94.5 Å². The van der Waals surface area contributed by atoms with E-state index in [1.165, 1.54) is 53.2 Å². The van der Waals surface area contributed by atoms with E-state index in [4.69, 9.17) is 37.8 Å². The molecule has 5 N–H and O–H groups in total. The Hall–Kier alpha value is -8.06. The van der Waals surface area contributed by atoms with Crippen molar-refractivity contribution in [3.05, 3.63) is 135 Å². The number of phenols is 1. The van der Waals surface area contributed by atoms with Crippen molar-refractivity contribution in [2.24, 2.45) is 23.7 Å².